The summed E-state index contributed by atoms with van der Waals surface area (Å²) >= 11 is 0. The summed E-state index contributed by atoms with van der Waals surface area (Å²) in [5, 5.41) is 0. The second-order valence-electron chi connectivity index (χ2n) is 14.3. The van der Waals surface area contributed by atoms with E-state index >= 15 is 0 Å². The first-order valence-corrected chi connectivity index (χ1v) is 18.7. The van der Waals surface area contributed by atoms with Crippen molar-refractivity contribution in [2.75, 3.05) is 0 Å². The first kappa shape index (κ1) is 34.7. The summed E-state index contributed by atoms with van der Waals surface area (Å²) in [6.45, 7) is 24.6. The molecular formula is C35H59FOSi. The zero-order valence-corrected chi connectivity index (χ0v) is 27.9. The van der Waals surface area contributed by atoms with Crippen LogP contribution in [0.25, 0.3) is 0 Å². The molecule has 0 radical (unpaired) electrons. The van der Waals surface area contributed by atoms with Gasteiger partial charge in [-0.1, -0.05) is 68.4 Å². The third-order valence-electron chi connectivity index (χ3n) is 7.52. The predicted molar refractivity (Wildman–Crippen MR) is 170 cm³/mol. The Kier molecular flexibility index (Phi) is 14.6. The highest BCUT2D eigenvalue weighted by molar-refractivity contribution is 6.76. The molecule has 0 aromatic carbocycles. The van der Waals surface area contributed by atoms with Crippen LogP contribution in [0.3, 0.4) is 0 Å². The lowest BCUT2D eigenvalue weighted by molar-refractivity contribution is 0.320. The Bertz CT molecular complexity index is 927. The highest BCUT2D eigenvalue weighted by atomic mass is 28.3. The van der Waals surface area contributed by atoms with Crippen molar-refractivity contribution >= 4 is 8.07 Å². The highest BCUT2D eigenvalue weighted by Gasteiger charge is 2.46. The van der Waals surface area contributed by atoms with E-state index in [0.717, 1.165) is 69.4 Å². The molecule has 216 valence electrons. The van der Waals surface area contributed by atoms with E-state index in [0.29, 0.717) is 12.5 Å². The number of hydrogen-bond acceptors (Lipinski definition) is 1. The topological polar surface area (TPSA) is 12.5 Å². The first-order chi connectivity index (χ1) is 17.5. The second-order valence-corrected chi connectivity index (χ2v) is 19.8. The van der Waals surface area contributed by atoms with E-state index < -0.39 is 8.07 Å². The standard InChI is InChI=1S/C35H59FOSi/c1-28(16-14-17-29(2)21-23-33-35(7,8)37-33)18-15-19-32(36)31(4)22-20-30(3)24-26-34(5,6)25-12-13-27-38(9,10)11/h17-18,24,33H,14-16,19-23,25-27H2,1-11H3/b28-18+,29-17+,30-24-,32-31-. The molecule has 1 nitrogen and oxygen atoms in total. The normalized spacial score (nSPS) is 19.2. The summed E-state index contributed by atoms with van der Waals surface area (Å²) in [6.07, 6.45) is 16.7. The lowest BCUT2D eigenvalue weighted by atomic mass is 9.85. The molecular weight excluding hydrogens is 483 g/mol. The number of epoxide rings is 1. The van der Waals surface area contributed by atoms with E-state index in [1.54, 1.807) is 0 Å². The summed E-state index contributed by atoms with van der Waals surface area (Å²) in [5.74, 6) is 6.89. The van der Waals surface area contributed by atoms with Crippen LogP contribution in [0.2, 0.25) is 25.7 Å². The van der Waals surface area contributed by atoms with Crippen LogP contribution in [0.1, 0.15) is 120 Å². The summed E-state index contributed by atoms with van der Waals surface area (Å²) in [6, 6.07) is 1.08. The minimum Gasteiger partial charge on any atom is -0.367 e. The van der Waals surface area contributed by atoms with Gasteiger partial charge in [-0.15, -0.1) is 11.8 Å². The van der Waals surface area contributed by atoms with Crippen LogP contribution in [0.15, 0.2) is 46.3 Å². The van der Waals surface area contributed by atoms with Crippen molar-refractivity contribution in [3.05, 3.63) is 46.3 Å². The molecule has 1 heterocycles. The molecule has 1 unspecified atom stereocenters. The Morgan fingerprint density at radius 2 is 1.39 bits per heavy atom. The van der Waals surface area contributed by atoms with Gasteiger partial charge in [0.2, 0.25) is 0 Å². The lowest BCUT2D eigenvalue weighted by Crippen LogP contribution is -2.17. The quantitative estimate of drug-likeness (QED) is 0.0817. The van der Waals surface area contributed by atoms with E-state index in [1.807, 2.05) is 6.92 Å². The molecule has 0 aromatic heterocycles. The van der Waals surface area contributed by atoms with Crippen molar-refractivity contribution in [1.29, 1.82) is 0 Å². The van der Waals surface area contributed by atoms with Gasteiger partial charge in [-0.2, -0.15) is 0 Å². The Morgan fingerprint density at radius 3 is 1.97 bits per heavy atom. The third kappa shape index (κ3) is 16.6. The average Bonchev–Trinajstić information content (AvgIpc) is 3.43. The van der Waals surface area contributed by atoms with Gasteiger partial charge in [-0.3, -0.25) is 0 Å². The van der Waals surface area contributed by atoms with Crippen molar-refractivity contribution in [3.8, 4) is 11.8 Å². The molecule has 0 bridgehead atoms. The minimum absolute atomic E-state index is 0.0702. The van der Waals surface area contributed by atoms with Gasteiger partial charge in [0, 0.05) is 18.9 Å². The van der Waals surface area contributed by atoms with Gasteiger partial charge in [0.15, 0.2) is 0 Å². The molecule has 0 spiro atoms. The molecule has 1 aliphatic heterocycles. The molecule has 1 rings (SSSR count). The fraction of sp³-hybridized carbons (Fsp3) is 0.714. The van der Waals surface area contributed by atoms with Gasteiger partial charge in [0.1, 0.15) is 0 Å². The predicted octanol–water partition coefficient (Wildman–Crippen LogP) is 11.5. The zero-order chi connectivity index (χ0) is 29.0. The first-order valence-electron chi connectivity index (χ1n) is 15.0. The van der Waals surface area contributed by atoms with E-state index in [-0.39, 0.29) is 16.8 Å². The van der Waals surface area contributed by atoms with Crippen LogP contribution >= 0.6 is 0 Å². The molecule has 1 fully saturated rings. The molecule has 0 aromatic rings. The fourth-order valence-electron chi connectivity index (χ4n) is 4.28. The van der Waals surface area contributed by atoms with E-state index in [2.05, 4.69) is 98.2 Å². The van der Waals surface area contributed by atoms with Crippen LogP contribution < -0.4 is 0 Å². The van der Waals surface area contributed by atoms with Crippen LogP contribution in [0.5, 0.6) is 0 Å². The molecule has 38 heavy (non-hydrogen) atoms. The van der Waals surface area contributed by atoms with Gasteiger partial charge in [-0.05, 0) is 104 Å². The number of allylic oxidation sites excluding steroid dienone is 8. The zero-order valence-electron chi connectivity index (χ0n) is 26.9. The van der Waals surface area contributed by atoms with Crippen LogP contribution in [-0.2, 0) is 4.74 Å². The average molecular weight is 543 g/mol. The number of rotatable bonds is 16. The Labute approximate surface area is 237 Å². The SMILES string of the molecule is C/C(=C/CC(C)(C)CC#CC[Si](C)(C)C)CC/C(C)=C(\F)CC/C=C(\C)CC/C=C(\C)CCC1OC1(C)C. The van der Waals surface area contributed by atoms with Gasteiger partial charge in [0.05, 0.1) is 25.6 Å². The van der Waals surface area contributed by atoms with Crippen molar-refractivity contribution in [2.24, 2.45) is 5.41 Å². The van der Waals surface area contributed by atoms with E-state index in [9.17, 15) is 4.39 Å². The van der Waals surface area contributed by atoms with Gasteiger partial charge >= 0.3 is 0 Å². The molecule has 1 atom stereocenters. The Morgan fingerprint density at radius 1 is 0.842 bits per heavy atom. The van der Waals surface area contributed by atoms with Crippen LogP contribution in [-0.4, -0.2) is 19.8 Å². The molecule has 3 heteroatoms. The summed E-state index contributed by atoms with van der Waals surface area (Å²) < 4.78 is 20.4. The maximum atomic E-state index is 14.7. The highest BCUT2D eigenvalue weighted by Crippen LogP contribution is 2.39. The Balaban J connectivity index is 2.34. The number of hydrogen-bond donors (Lipinski definition) is 0. The maximum Gasteiger partial charge on any atom is 0.0991 e. The monoisotopic (exact) mass is 542 g/mol. The maximum absolute atomic E-state index is 14.7. The number of halogens is 1. The van der Waals surface area contributed by atoms with Crippen molar-refractivity contribution in [1.82, 2.24) is 0 Å². The summed E-state index contributed by atoms with van der Waals surface area (Å²) in [4.78, 5) is 0. The molecule has 0 aliphatic carbocycles. The third-order valence-corrected chi connectivity index (χ3v) is 8.76. The van der Waals surface area contributed by atoms with Gasteiger partial charge < -0.3 is 4.74 Å². The largest absolute Gasteiger partial charge is 0.367 e. The van der Waals surface area contributed by atoms with Crippen molar-refractivity contribution in [3.63, 3.8) is 0 Å². The smallest absolute Gasteiger partial charge is 0.0991 e. The summed E-state index contributed by atoms with van der Waals surface area (Å²) in [7, 11) is -1.08. The molecule has 1 saturated heterocycles. The lowest BCUT2D eigenvalue weighted by Gasteiger charge is -2.20. The molecule has 0 N–H and O–H groups in total. The molecule has 0 saturated carbocycles. The van der Waals surface area contributed by atoms with Crippen LogP contribution in [0.4, 0.5) is 4.39 Å². The minimum atomic E-state index is -1.08. The Hall–Kier alpha value is -1.37. The molecule has 0 amide bonds. The van der Waals surface area contributed by atoms with E-state index in [1.165, 1.54) is 16.7 Å². The van der Waals surface area contributed by atoms with Crippen molar-refractivity contribution < 1.29 is 9.13 Å². The van der Waals surface area contributed by atoms with Crippen molar-refractivity contribution in [2.45, 2.75) is 157 Å². The summed E-state index contributed by atoms with van der Waals surface area (Å²) in [5.41, 5.74) is 5.35. The van der Waals surface area contributed by atoms with Gasteiger partial charge in [0.25, 0.3) is 0 Å². The van der Waals surface area contributed by atoms with Gasteiger partial charge in [-0.25, -0.2) is 4.39 Å². The second kappa shape index (κ2) is 16.0. The van der Waals surface area contributed by atoms with E-state index in [4.69, 9.17) is 4.74 Å². The van der Waals surface area contributed by atoms with Crippen LogP contribution in [0, 0.1) is 17.3 Å². The fourth-order valence-corrected chi connectivity index (χ4v) is 4.94. The number of ether oxygens (including phenoxy) is 1. The molecule has 1 aliphatic rings.